The molecule has 0 aromatic rings. The van der Waals surface area contributed by atoms with Crippen molar-refractivity contribution in [3.8, 4) is 0 Å². The monoisotopic (exact) mass is 144 g/mol. The van der Waals surface area contributed by atoms with Crippen LogP contribution >= 0.6 is 0 Å². The Morgan fingerprint density at radius 3 is 1.90 bits per heavy atom. The molecule has 0 radical (unpaired) electrons. The molecule has 0 rings (SSSR count). The second kappa shape index (κ2) is 7.03. The first-order valence-electron chi connectivity index (χ1n) is 4.22. The van der Waals surface area contributed by atoms with Gasteiger partial charge in [-0.1, -0.05) is 13.8 Å². The molecule has 0 amide bonds. The van der Waals surface area contributed by atoms with Crippen LogP contribution in [-0.4, -0.2) is 31.7 Å². The van der Waals surface area contributed by atoms with E-state index < -0.39 is 0 Å². The summed E-state index contributed by atoms with van der Waals surface area (Å²) in [5.74, 6) is 0. The molecule has 0 saturated carbocycles. The van der Waals surface area contributed by atoms with Crippen molar-refractivity contribution in [2.75, 3.05) is 26.8 Å². The van der Waals surface area contributed by atoms with Gasteiger partial charge in [0.25, 0.3) is 0 Å². The Morgan fingerprint density at radius 1 is 1.10 bits per heavy atom. The average molecular weight is 144 g/mol. The third kappa shape index (κ3) is 4.77. The van der Waals surface area contributed by atoms with Crippen LogP contribution in [0.15, 0.2) is 0 Å². The van der Waals surface area contributed by atoms with E-state index in [4.69, 9.17) is 0 Å². The highest BCUT2D eigenvalue weighted by atomic mass is 15.2. The fraction of sp³-hybridized carbons (Fsp3) is 1.00. The Balaban J connectivity index is 3.30. The van der Waals surface area contributed by atoms with Crippen molar-refractivity contribution in [1.29, 1.82) is 0 Å². The van der Waals surface area contributed by atoms with Crippen molar-refractivity contribution in [3.05, 3.63) is 0 Å². The minimum absolute atomic E-state index is 1.03. The molecule has 62 valence electrons. The molecule has 1 N–H and O–H groups in total. The first kappa shape index (κ1) is 9.92. The summed E-state index contributed by atoms with van der Waals surface area (Å²) in [6.45, 7) is 7.90. The Morgan fingerprint density at radius 2 is 1.60 bits per heavy atom. The first-order valence-corrected chi connectivity index (χ1v) is 4.22. The Bertz CT molecular complexity index is 50.0. The van der Waals surface area contributed by atoms with Gasteiger partial charge >= 0.3 is 0 Å². The Hall–Kier alpha value is -0.0800. The minimum Gasteiger partial charge on any atom is -0.307 e. The molecule has 0 aliphatic carbocycles. The topological polar surface area (TPSA) is 15.3 Å². The van der Waals surface area contributed by atoms with Crippen molar-refractivity contribution in [3.63, 3.8) is 0 Å². The summed E-state index contributed by atoms with van der Waals surface area (Å²) in [4.78, 5) is 2.43. The SMILES string of the molecule is CCCN(CCC)CNC. The summed E-state index contributed by atoms with van der Waals surface area (Å²) < 4.78 is 0. The average Bonchev–Trinajstić information content (AvgIpc) is 1.90. The molecule has 0 atom stereocenters. The largest absolute Gasteiger partial charge is 0.307 e. The minimum atomic E-state index is 1.03. The zero-order valence-corrected chi connectivity index (χ0v) is 7.48. The van der Waals surface area contributed by atoms with Gasteiger partial charge < -0.3 is 5.32 Å². The van der Waals surface area contributed by atoms with Crippen LogP contribution in [0.4, 0.5) is 0 Å². The van der Waals surface area contributed by atoms with Crippen LogP contribution in [0.1, 0.15) is 26.7 Å². The van der Waals surface area contributed by atoms with Crippen LogP contribution in [0, 0.1) is 0 Å². The van der Waals surface area contributed by atoms with Gasteiger partial charge in [0.05, 0.1) is 0 Å². The lowest BCUT2D eigenvalue weighted by atomic mass is 10.4. The van der Waals surface area contributed by atoms with Crippen LogP contribution in [0.2, 0.25) is 0 Å². The summed E-state index contributed by atoms with van der Waals surface area (Å²) in [5, 5.41) is 3.16. The molecule has 0 aliphatic rings. The van der Waals surface area contributed by atoms with Gasteiger partial charge in [-0.15, -0.1) is 0 Å². The number of nitrogens with zero attached hydrogens (tertiary/aromatic N) is 1. The van der Waals surface area contributed by atoms with Gasteiger partial charge in [0.15, 0.2) is 0 Å². The summed E-state index contributed by atoms with van der Waals surface area (Å²) in [6, 6.07) is 0. The van der Waals surface area contributed by atoms with Crippen molar-refractivity contribution >= 4 is 0 Å². The van der Waals surface area contributed by atoms with Gasteiger partial charge in [-0.25, -0.2) is 0 Å². The van der Waals surface area contributed by atoms with Crippen molar-refractivity contribution in [2.24, 2.45) is 0 Å². The summed E-state index contributed by atoms with van der Waals surface area (Å²) in [5.41, 5.74) is 0. The summed E-state index contributed by atoms with van der Waals surface area (Å²) >= 11 is 0. The van der Waals surface area contributed by atoms with E-state index in [-0.39, 0.29) is 0 Å². The lowest BCUT2D eigenvalue weighted by Crippen LogP contribution is -2.33. The second-order valence-electron chi connectivity index (χ2n) is 2.63. The molecular weight excluding hydrogens is 124 g/mol. The highest BCUT2D eigenvalue weighted by Crippen LogP contribution is 1.90. The molecule has 0 spiro atoms. The maximum atomic E-state index is 3.16. The zero-order chi connectivity index (χ0) is 7.82. The van der Waals surface area contributed by atoms with Gasteiger partial charge in [-0.05, 0) is 33.0 Å². The lowest BCUT2D eigenvalue weighted by Gasteiger charge is -2.19. The van der Waals surface area contributed by atoms with Crippen LogP contribution in [0.3, 0.4) is 0 Å². The molecule has 2 nitrogen and oxygen atoms in total. The number of hydrogen-bond donors (Lipinski definition) is 1. The molecule has 0 heterocycles. The van der Waals surface area contributed by atoms with E-state index >= 15 is 0 Å². The third-order valence-electron chi connectivity index (χ3n) is 1.46. The molecule has 0 fully saturated rings. The fourth-order valence-corrected chi connectivity index (χ4v) is 1.13. The van der Waals surface area contributed by atoms with Crippen LogP contribution < -0.4 is 5.32 Å². The normalized spacial score (nSPS) is 10.8. The van der Waals surface area contributed by atoms with Crippen LogP contribution in [0.5, 0.6) is 0 Å². The van der Waals surface area contributed by atoms with E-state index in [1.54, 1.807) is 0 Å². The highest BCUT2D eigenvalue weighted by Gasteiger charge is 1.97. The van der Waals surface area contributed by atoms with Crippen molar-refractivity contribution < 1.29 is 0 Å². The molecule has 0 saturated heterocycles. The number of rotatable bonds is 6. The second-order valence-corrected chi connectivity index (χ2v) is 2.63. The maximum Gasteiger partial charge on any atom is 0.0477 e. The van der Waals surface area contributed by atoms with Gasteiger partial charge in [0.1, 0.15) is 0 Å². The predicted molar refractivity (Wildman–Crippen MR) is 46.1 cm³/mol. The molecule has 0 aromatic heterocycles. The van der Waals surface area contributed by atoms with Gasteiger partial charge in [0.2, 0.25) is 0 Å². The van der Waals surface area contributed by atoms with Gasteiger partial charge in [0, 0.05) is 6.67 Å². The Kier molecular flexibility index (Phi) is 6.98. The number of hydrogen-bond acceptors (Lipinski definition) is 2. The van der Waals surface area contributed by atoms with Gasteiger partial charge in [-0.2, -0.15) is 0 Å². The molecule has 0 aliphatic heterocycles. The quantitative estimate of drug-likeness (QED) is 0.565. The molecule has 0 aromatic carbocycles. The number of nitrogens with one attached hydrogen (secondary N) is 1. The molecule has 0 unspecified atom stereocenters. The van der Waals surface area contributed by atoms with Crippen LogP contribution in [0.25, 0.3) is 0 Å². The highest BCUT2D eigenvalue weighted by molar-refractivity contribution is 4.51. The van der Waals surface area contributed by atoms with Gasteiger partial charge in [-0.3, -0.25) is 4.90 Å². The first-order chi connectivity index (χ1) is 4.85. The van der Waals surface area contributed by atoms with E-state index in [1.165, 1.54) is 25.9 Å². The summed E-state index contributed by atoms with van der Waals surface area (Å²) in [7, 11) is 2.00. The molecule has 10 heavy (non-hydrogen) atoms. The maximum absolute atomic E-state index is 3.16. The standard InChI is InChI=1S/C8H20N2/c1-4-6-10(7-5-2)8-9-3/h9H,4-8H2,1-3H3. The molecule has 0 bridgehead atoms. The fourth-order valence-electron chi connectivity index (χ4n) is 1.13. The summed E-state index contributed by atoms with van der Waals surface area (Å²) in [6.07, 6.45) is 2.50. The third-order valence-corrected chi connectivity index (χ3v) is 1.46. The lowest BCUT2D eigenvalue weighted by molar-refractivity contribution is 0.261. The molecular formula is C8H20N2. The Labute approximate surface area is 64.6 Å². The van der Waals surface area contributed by atoms with Crippen molar-refractivity contribution in [2.45, 2.75) is 26.7 Å². The van der Waals surface area contributed by atoms with E-state index in [1.807, 2.05) is 7.05 Å². The van der Waals surface area contributed by atoms with E-state index in [0.717, 1.165) is 6.67 Å². The van der Waals surface area contributed by atoms with E-state index in [9.17, 15) is 0 Å². The molecule has 2 heteroatoms. The zero-order valence-electron chi connectivity index (χ0n) is 7.48. The van der Waals surface area contributed by atoms with E-state index in [0.29, 0.717) is 0 Å². The predicted octanol–water partition coefficient (Wildman–Crippen LogP) is 1.29. The smallest absolute Gasteiger partial charge is 0.0477 e. The van der Waals surface area contributed by atoms with Crippen molar-refractivity contribution in [1.82, 2.24) is 10.2 Å². The van der Waals surface area contributed by atoms with E-state index in [2.05, 4.69) is 24.1 Å². The van der Waals surface area contributed by atoms with Crippen LogP contribution in [-0.2, 0) is 0 Å².